The fraction of sp³-hybridized carbons (Fsp3) is 0.667. The number of carbonyl (C=O) groups excluding carboxylic acids is 3. The van der Waals surface area contributed by atoms with Crippen molar-refractivity contribution >= 4 is 17.5 Å². The molecule has 4 nitrogen and oxygen atoms in total. The van der Waals surface area contributed by atoms with Crippen molar-refractivity contribution in [3.05, 3.63) is 12.2 Å². The molecule has 0 aromatic heterocycles. The molecule has 0 N–H and O–H groups in total. The molecule has 4 heteroatoms. The van der Waals surface area contributed by atoms with Crippen molar-refractivity contribution in [1.29, 1.82) is 0 Å². The molecule has 3 rings (SSSR count). The predicted molar refractivity (Wildman–Crippen MR) is 67.2 cm³/mol. The van der Waals surface area contributed by atoms with E-state index in [-0.39, 0.29) is 29.9 Å². The molecular weight excluding hydrogens is 244 g/mol. The average Bonchev–Trinajstić information content (AvgIpc) is 2.76. The minimum Gasteiger partial charge on any atom is -0.466 e. The Kier molecular flexibility index (Phi) is 2.66. The van der Waals surface area contributed by atoms with Gasteiger partial charge in [0.1, 0.15) is 11.6 Å². The fourth-order valence-electron chi connectivity index (χ4n) is 4.41. The van der Waals surface area contributed by atoms with Crippen molar-refractivity contribution in [2.45, 2.75) is 32.6 Å². The van der Waals surface area contributed by atoms with Gasteiger partial charge in [0.05, 0.1) is 18.4 Å². The molecule has 0 radical (unpaired) electrons. The van der Waals surface area contributed by atoms with Crippen LogP contribution in [0.5, 0.6) is 0 Å². The van der Waals surface area contributed by atoms with E-state index in [0.717, 1.165) is 12.0 Å². The van der Waals surface area contributed by atoms with E-state index in [1.807, 2.05) is 0 Å². The lowest BCUT2D eigenvalue weighted by Gasteiger charge is -2.36. The van der Waals surface area contributed by atoms with Crippen molar-refractivity contribution in [2.75, 3.05) is 6.61 Å². The summed E-state index contributed by atoms with van der Waals surface area (Å²) in [7, 11) is 0. The van der Waals surface area contributed by atoms with Crippen molar-refractivity contribution in [3.63, 3.8) is 0 Å². The van der Waals surface area contributed by atoms with Gasteiger partial charge >= 0.3 is 5.97 Å². The molecule has 0 aromatic carbocycles. The van der Waals surface area contributed by atoms with Crippen molar-refractivity contribution in [2.24, 2.45) is 23.2 Å². The Morgan fingerprint density at radius 2 is 2.05 bits per heavy atom. The summed E-state index contributed by atoms with van der Waals surface area (Å²) in [4.78, 5) is 36.5. The van der Waals surface area contributed by atoms with Gasteiger partial charge in [-0.15, -0.1) is 0 Å². The molecule has 0 amide bonds. The summed E-state index contributed by atoms with van der Waals surface area (Å²) < 4.78 is 5.11. The fourth-order valence-corrected chi connectivity index (χ4v) is 4.41. The highest BCUT2D eigenvalue weighted by atomic mass is 16.5. The number of carbonyl (C=O) groups is 3. The Morgan fingerprint density at radius 3 is 2.74 bits per heavy atom. The summed E-state index contributed by atoms with van der Waals surface area (Å²) in [5, 5.41) is 0. The third-order valence-corrected chi connectivity index (χ3v) is 5.10. The molecular formula is C15H18O4. The van der Waals surface area contributed by atoms with Gasteiger partial charge in [-0.2, -0.15) is 0 Å². The first-order valence-corrected chi connectivity index (χ1v) is 6.89. The number of ketones is 2. The zero-order chi connectivity index (χ0) is 13.8. The van der Waals surface area contributed by atoms with E-state index < -0.39 is 17.3 Å². The maximum atomic E-state index is 12.2. The molecule has 2 bridgehead atoms. The number of ether oxygens (including phenoxy) is 1. The molecule has 0 aromatic rings. The molecule has 3 aliphatic rings. The van der Waals surface area contributed by atoms with E-state index in [9.17, 15) is 14.4 Å². The van der Waals surface area contributed by atoms with Crippen molar-refractivity contribution in [3.8, 4) is 0 Å². The third kappa shape index (κ3) is 1.55. The van der Waals surface area contributed by atoms with Gasteiger partial charge in [0.25, 0.3) is 0 Å². The van der Waals surface area contributed by atoms with Crippen LogP contribution in [0.3, 0.4) is 0 Å². The van der Waals surface area contributed by atoms with Gasteiger partial charge in [-0.3, -0.25) is 14.4 Å². The number of allylic oxidation sites excluding steroid dienone is 1. The largest absolute Gasteiger partial charge is 0.466 e. The summed E-state index contributed by atoms with van der Waals surface area (Å²) in [5.74, 6) is -1.26. The number of rotatable bonds is 2. The molecule has 102 valence electrons. The first-order chi connectivity index (χ1) is 8.99. The smallest absolute Gasteiger partial charge is 0.309 e. The summed E-state index contributed by atoms with van der Waals surface area (Å²) in [6.45, 7) is 6.10. The summed E-state index contributed by atoms with van der Waals surface area (Å²) >= 11 is 0. The minimum atomic E-state index is -0.586. The Hall–Kier alpha value is -1.45. The third-order valence-electron chi connectivity index (χ3n) is 5.10. The molecule has 1 spiro atoms. The van der Waals surface area contributed by atoms with Gasteiger partial charge in [0, 0.05) is 18.3 Å². The van der Waals surface area contributed by atoms with Gasteiger partial charge in [-0.1, -0.05) is 12.2 Å². The van der Waals surface area contributed by atoms with Crippen LogP contribution in [0.1, 0.15) is 32.6 Å². The Labute approximate surface area is 112 Å². The second kappa shape index (κ2) is 4.02. The van der Waals surface area contributed by atoms with E-state index in [1.54, 1.807) is 6.92 Å². The first-order valence-electron chi connectivity index (χ1n) is 6.89. The van der Waals surface area contributed by atoms with Crippen LogP contribution in [0.2, 0.25) is 0 Å². The van der Waals surface area contributed by atoms with Crippen LogP contribution in [-0.4, -0.2) is 24.1 Å². The second-order valence-corrected chi connectivity index (χ2v) is 6.05. The maximum absolute atomic E-state index is 12.2. The molecule has 19 heavy (non-hydrogen) atoms. The van der Waals surface area contributed by atoms with E-state index >= 15 is 0 Å². The Balaban J connectivity index is 2.02. The van der Waals surface area contributed by atoms with E-state index in [2.05, 4.69) is 6.58 Å². The van der Waals surface area contributed by atoms with Crippen LogP contribution in [0.25, 0.3) is 0 Å². The van der Waals surface area contributed by atoms with Crippen LogP contribution in [0.4, 0.5) is 0 Å². The number of hydrogen-bond donors (Lipinski definition) is 0. The molecule has 3 aliphatic carbocycles. The second-order valence-electron chi connectivity index (χ2n) is 6.05. The number of Topliss-reactive ketones (excluding diaryl/α,β-unsaturated/α-hetero) is 2. The van der Waals surface area contributed by atoms with E-state index in [0.29, 0.717) is 19.4 Å². The molecule has 0 heterocycles. The highest BCUT2D eigenvalue weighted by Crippen LogP contribution is 2.63. The summed E-state index contributed by atoms with van der Waals surface area (Å²) in [6, 6.07) is 0. The van der Waals surface area contributed by atoms with E-state index in [1.165, 1.54) is 0 Å². The SMILES string of the molecule is C=C1C[C@@]23C[C@@H]1CC(=O)[C@@H]2C(=O)CC3C(=O)OCC. The zero-order valence-electron chi connectivity index (χ0n) is 11.1. The normalized spacial score (nSPS) is 40.5. The standard InChI is InChI=1S/C15H18O4/c1-3-19-14(18)10-5-12(17)13-11(16)4-9-7-15(10,13)6-8(9)2/h9-10,13H,2-7H2,1H3/t9-,10?,13+,15-/m0/s1. The monoisotopic (exact) mass is 262 g/mol. The summed E-state index contributed by atoms with van der Waals surface area (Å²) in [5.41, 5.74) is 0.514. The molecule has 3 fully saturated rings. The number of fused-ring (bicyclic) bond motifs is 1. The van der Waals surface area contributed by atoms with Gasteiger partial charge in [-0.25, -0.2) is 0 Å². The van der Waals surface area contributed by atoms with Crippen LogP contribution >= 0.6 is 0 Å². The highest BCUT2D eigenvalue weighted by Gasteiger charge is 2.66. The predicted octanol–water partition coefficient (Wildman–Crippen LogP) is 1.68. The van der Waals surface area contributed by atoms with Crippen LogP contribution in [-0.2, 0) is 19.1 Å². The quantitative estimate of drug-likeness (QED) is 0.431. The van der Waals surface area contributed by atoms with Gasteiger partial charge in [0.2, 0.25) is 0 Å². The molecule has 4 atom stereocenters. The number of hydrogen-bond acceptors (Lipinski definition) is 4. The molecule has 0 aliphatic heterocycles. The number of esters is 1. The topological polar surface area (TPSA) is 60.4 Å². The van der Waals surface area contributed by atoms with Crippen LogP contribution in [0.15, 0.2) is 12.2 Å². The lowest BCUT2D eigenvalue weighted by molar-refractivity contribution is -0.153. The lowest BCUT2D eigenvalue weighted by atomic mass is 9.65. The molecule has 0 saturated heterocycles. The zero-order valence-corrected chi connectivity index (χ0v) is 11.1. The lowest BCUT2D eigenvalue weighted by Crippen LogP contribution is -2.42. The van der Waals surface area contributed by atoms with Crippen molar-refractivity contribution in [1.82, 2.24) is 0 Å². The van der Waals surface area contributed by atoms with Crippen LogP contribution in [0, 0.1) is 23.2 Å². The van der Waals surface area contributed by atoms with E-state index in [4.69, 9.17) is 4.74 Å². The van der Waals surface area contributed by atoms with Gasteiger partial charge < -0.3 is 4.74 Å². The molecule has 3 saturated carbocycles. The van der Waals surface area contributed by atoms with Crippen molar-refractivity contribution < 1.29 is 19.1 Å². The Bertz CT molecular complexity index is 492. The highest BCUT2D eigenvalue weighted by molar-refractivity contribution is 6.08. The van der Waals surface area contributed by atoms with Gasteiger partial charge in [0.15, 0.2) is 0 Å². The van der Waals surface area contributed by atoms with Crippen LogP contribution < -0.4 is 0 Å². The van der Waals surface area contributed by atoms with Gasteiger partial charge in [-0.05, 0) is 25.7 Å². The average molecular weight is 262 g/mol. The minimum absolute atomic E-state index is 0.00620. The molecule has 1 unspecified atom stereocenters. The first kappa shape index (κ1) is 12.6. The Morgan fingerprint density at radius 1 is 1.37 bits per heavy atom. The summed E-state index contributed by atoms with van der Waals surface area (Å²) in [6.07, 6.45) is 1.96. The maximum Gasteiger partial charge on any atom is 0.309 e.